The lowest BCUT2D eigenvalue weighted by Crippen LogP contribution is -2.54. The van der Waals surface area contributed by atoms with Crippen LogP contribution in [0.3, 0.4) is 0 Å². The van der Waals surface area contributed by atoms with Crippen molar-refractivity contribution in [2.45, 2.75) is 6.42 Å². The maximum atomic E-state index is 14.5. The molecule has 26 heavy (non-hydrogen) atoms. The van der Waals surface area contributed by atoms with Crippen molar-refractivity contribution in [2.24, 2.45) is 11.3 Å². The van der Waals surface area contributed by atoms with Gasteiger partial charge in [-0.15, -0.1) is 0 Å². The molecule has 0 spiro atoms. The average Bonchev–Trinajstić information content (AvgIpc) is 3.08. The number of anilines is 1. The highest BCUT2D eigenvalue weighted by molar-refractivity contribution is 5.85. The fraction of sp³-hybridized carbons (Fsp3) is 0.579. The lowest BCUT2D eigenvalue weighted by atomic mass is 9.73. The number of amides is 1. The maximum absolute atomic E-state index is 14.5. The van der Waals surface area contributed by atoms with Crippen LogP contribution in [0.2, 0.25) is 0 Å². The highest BCUT2D eigenvalue weighted by Crippen LogP contribution is 2.45. The zero-order chi connectivity index (χ0) is 18.1. The third kappa shape index (κ3) is 2.83. The molecule has 6 nitrogen and oxygen atoms in total. The van der Waals surface area contributed by atoms with E-state index in [0.717, 1.165) is 0 Å². The van der Waals surface area contributed by atoms with Crippen LogP contribution in [0.1, 0.15) is 12.0 Å². The summed E-state index contributed by atoms with van der Waals surface area (Å²) in [6.45, 7) is 4.49. The first-order valence-electron chi connectivity index (χ1n) is 9.03. The number of fused-ring (bicyclic) bond motifs is 1. The molecule has 3 heterocycles. The molecule has 7 heteroatoms. The van der Waals surface area contributed by atoms with Gasteiger partial charge in [0, 0.05) is 38.7 Å². The van der Waals surface area contributed by atoms with Crippen LogP contribution in [0, 0.1) is 28.5 Å². The summed E-state index contributed by atoms with van der Waals surface area (Å²) in [7, 11) is 0. The van der Waals surface area contributed by atoms with E-state index in [1.54, 1.807) is 12.1 Å². The first-order valence-corrected chi connectivity index (χ1v) is 9.03. The summed E-state index contributed by atoms with van der Waals surface area (Å²) < 4.78 is 25.5. The molecule has 2 atom stereocenters. The van der Waals surface area contributed by atoms with Gasteiger partial charge in [0.05, 0.1) is 42.6 Å². The van der Waals surface area contributed by atoms with Crippen molar-refractivity contribution < 1.29 is 18.7 Å². The number of morpholine rings is 1. The summed E-state index contributed by atoms with van der Waals surface area (Å²) in [6, 6.07) is 6.46. The van der Waals surface area contributed by atoms with Gasteiger partial charge < -0.3 is 19.3 Å². The topological polar surface area (TPSA) is 65.8 Å². The number of hydrogen-bond donors (Lipinski definition) is 0. The molecule has 3 aliphatic heterocycles. The molecule has 1 aromatic carbocycles. The Hall–Kier alpha value is -2.17. The predicted octanol–water partition coefficient (Wildman–Crippen LogP) is 1.40. The van der Waals surface area contributed by atoms with E-state index in [9.17, 15) is 9.18 Å². The minimum absolute atomic E-state index is 0.0432. The van der Waals surface area contributed by atoms with E-state index < -0.39 is 11.2 Å². The minimum atomic E-state index is -0.532. The van der Waals surface area contributed by atoms with Gasteiger partial charge in [-0.1, -0.05) is 0 Å². The monoisotopic (exact) mass is 359 g/mol. The molecule has 3 saturated heterocycles. The van der Waals surface area contributed by atoms with Gasteiger partial charge >= 0.3 is 0 Å². The van der Waals surface area contributed by atoms with Crippen LogP contribution >= 0.6 is 0 Å². The quantitative estimate of drug-likeness (QED) is 0.799. The van der Waals surface area contributed by atoms with Crippen LogP contribution in [-0.2, 0) is 14.3 Å². The van der Waals surface area contributed by atoms with E-state index in [4.69, 9.17) is 14.7 Å². The molecule has 4 rings (SSSR count). The standard InChI is InChI=1S/C19H22FN3O3/c20-16-9-14(10-21)1-2-17(16)23-11-15-12-26-6-3-19(15,13-23)18(24)22-4-7-25-8-5-22/h1-2,9,15H,3-8,11-13H2. The van der Waals surface area contributed by atoms with Gasteiger partial charge in [-0.05, 0) is 24.6 Å². The van der Waals surface area contributed by atoms with Crippen molar-refractivity contribution >= 4 is 11.6 Å². The zero-order valence-electron chi connectivity index (χ0n) is 14.6. The van der Waals surface area contributed by atoms with E-state index in [0.29, 0.717) is 70.3 Å². The second-order valence-electron chi connectivity index (χ2n) is 7.24. The molecule has 138 valence electrons. The molecule has 0 aromatic heterocycles. The predicted molar refractivity (Wildman–Crippen MR) is 92.1 cm³/mol. The average molecular weight is 359 g/mol. The molecule has 1 aromatic rings. The number of carbonyl (C=O) groups is 1. The molecule has 0 N–H and O–H groups in total. The van der Waals surface area contributed by atoms with Gasteiger partial charge in [0.2, 0.25) is 5.91 Å². The van der Waals surface area contributed by atoms with Crippen LogP contribution in [0.5, 0.6) is 0 Å². The first kappa shape index (κ1) is 17.3. The third-order valence-corrected chi connectivity index (χ3v) is 5.85. The number of halogens is 1. The Kier molecular flexibility index (Phi) is 4.55. The highest BCUT2D eigenvalue weighted by atomic mass is 19.1. The van der Waals surface area contributed by atoms with Gasteiger partial charge in [-0.2, -0.15) is 5.26 Å². The summed E-state index contributed by atoms with van der Waals surface area (Å²) in [5.41, 5.74) is 0.216. The fourth-order valence-electron chi connectivity index (χ4n) is 4.40. The highest BCUT2D eigenvalue weighted by Gasteiger charge is 2.55. The van der Waals surface area contributed by atoms with Crippen LogP contribution in [-0.4, -0.2) is 63.4 Å². The van der Waals surface area contributed by atoms with Crippen molar-refractivity contribution in [3.63, 3.8) is 0 Å². The Morgan fingerprint density at radius 3 is 2.81 bits per heavy atom. The Morgan fingerprint density at radius 1 is 1.27 bits per heavy atom. The van der Waals surface area contributed by atoms with Gasteiger partial charge in [-0.3, -0.25) is 4.79 Å². The fourth-order valence-corrected chi connectivity index (χ4v) is 4.40. The molecule has 2 unspecified atom stereocenters. The molecule has 0 aliphatic carbocycles. The van der Waals surface area contributed by atoms with Crippen molar-refractivity contribution in [1.29, 1.82) is 5.26 Å². The number of carbonyl (C=O) groups excluding carboxylic acids is 1. The second kappa shape index (κ2) is 6.86. The molecule has 3 aliphatic rings. The Balaban J connectivity index is 1.62. The Labute approximate surface area is 152 Å². The lowest BCUT2D eigenvalue weighted by Gasteiger charge is -2.41. The second-order valence-corrected chi connectivity index (χ2v) is 7.24. The Bertz CT molecular complexity index is 744. The van der Waals surface area contributed by atoms with E-state index in [1.807, 2.05) is 15.9 Å². The minimum Gasteiger partial charge on any atom is -0.381 e. The first-order chi connectivity index (χ1) is 12.6. The molecule has 3 fully saturated rings. The Morgan fingerprint density at radius 2 is 2.08 bits per heavy atom. The lowest BCUT2D eigenvalue weighted by molar-refractivity contribution is -0.154. The van der Waals surface area contributed by atoms with Gasteiger partial charge in [0.25, 0.3) is 0 Å². The molecule has 0 saturated carbocycles. The number of ether oxygens (including phenoxy) is 2. The van der Waals surface area contributed by atoms with Crippen LogP contribution < -0.4 is 4.90 Å². The van der Waals surface area contributed by atoms with Crippen molar-refractivity contribution in [2.75, 3.05) is 57.5 Å². The van der Waals surface area contributed by atoms with E-state index in [1.165, 1.54) is 6.07 Å². The SMILES string of the molecule is N#Cc1ccc(N2CC3COCCC3(C(=O)N3CCOCC3)C2)c(F)c1. The van der Waals surface area contributed by atoms with Crippen LogP contribution in [0.4, 0.5) is 10.1 Å². The largest absolute Gasteiger partial charge is 0.381 e. The normalized spacial score (nSPS) is 28.5. The molecule has 0 bridgehead atoms. The summed E-state index contributed by atoms with van der Waals surface area (Å²) in [5, 5.41) is 8.94. The van der Waals surface area contributed by atoms with Gasteiger partial charge in [-0.25, -0.2) is 4.39 Å². The van der Waals surface area contributed by atoms with E-state index in [2.05, 4.69) is 0 Å². The van der Waals surface area contributed by atoms with Crippen molar-refractivity contribution in [3.05, 3.63) is 29.6 Å². The van der Waals surface area contributed by atoms with Crippen LogP contribution in [0.15, 0.2) is 18.2 Å². The summed E-state index contributed by atoms with van der Waals surface area (Å²) in [6.07, 6.45) is 0.655. The third-order valence-electron chi connectivity index (χ3n) is 5.85. The molecule has 0 radical (unpaired) electrons. The summed E-state index contributed by atoms with van der Waals surface area (Å²) in [5.74, 6) is -0.232. The van der Waals surface area contributed by atoms with E-state index >= 15 is 0 Å². The summed E-state index contributed by atoms with van der Waals surface area (Å²) >= 11 is 0. The smallest absolute Gasteiger partial charge is 0.231 e. The summed E-state index contributed by atoms with van der Waals surface area (Å²) in [4.78, 5) is 17.2. The van der Waals surface area contributed by atoms with Crippen LogP contribution in [0.25, 0.3) is 0 Å². The number of benzene rings is 1. The van der Waals surface area contributed by atoms with Crippen molar-refractivity contribution in [1.82, 2.24) is 4.90 Å². The van der Waals surface area contributed by atoms with E-state index in [-0.39, 0.29) is 11.8 Å². The van der Waals surface area contributed by atoms with Crippen molar-refractivity contribution in [3.8, 4) is 6.07 Å². The molecular weight excluding hydrogens is 337 g/mol. The molecular formula is C19H22FN3O3. The number of rotatable bonds is 2. The number of nitrogens with zero attached hydrogens (tertiary/aromatic N) is 3. The molecule has 1 amide bonds. The van der Waals surface area contributed by atoms with Gasteiger partial charge in [0.1, 0.15) is 5.82 Å². The maximum Gasteiger partial charge on any atom is 0.231 e. The number of nitriles is 1. The van der Waals surface area contributed by atoms with Gasteiger partial charge in [0.15, 0.2) is 0 Å². The zero-order valence-corrected chi connectivity index (χ0v) is 14.6. The number of hydrogen-bond acceptors (Lipinski definition) is 5.